The highest BCUT2D eigenvalue weighted by Crippen LogP contribution is 2.16. The van der Waals surface area contributed by atoms with Gasteiger partial charge in [-0.25, -0.2) is 17.5 Å². The molecule has 21 heavy (non-hydrogen) atoms. The van der Waals surface area contributed by atoms with Gasteiger partial charge in [-0.15, -0.1) is 0 Å². The number of nitrogens with one attached hydrogen (secondary N) is 1. The molecule has 0 atom stereocenters. The zero-order valence-corrected chi connectivity index (χ0v) is 12.6. The van der Waals surface area contributed by atoms with E-state index in [1.165, 1.54) is 23.5 Å². The van der Waals surface area contributed by atoms with Crippen molar-refractivity contribution in [1.29, 1.82) is 0 Å². The van der Waals surface area contributed by atoms with Gasteiger partial charge in [0.15, 0.2) is 0 Å². The van der Waals surface area contributed by atoms with Crippen LogP contribution in [0.3, 0.4) is 0 Å². The Labute approximate surface area is 126 Å². The number of nitrogens with two attached hydrogens (primary N) is 1. The molecule has 3 N–H and O–H groups in total. The van der Waals surface area contributed by atoms with Crippen molar-refractivity contribution >= 4 is 21.4 Å². The van der Waals surface area contributed by atoms with Crippen molar-refractivity contribution in [2.24, 2.45) is 5.73 Å². The lowest BCUT2D eigenvalue weighted by Gasteiger charge is -2.07. The van der Waals surface area contributed by atoms with Gasteiger partial charge < -0.3 is 5.73 Å². The van der Waals surface area contributed by atoms with E-state index >= 15 is 0 Å². The van der Waals surface area contributed by atoms with Crippen LogP contribution >= 0.6 is 11.3 Å². The Kier molecular flexibility index (Phi) is 5.09. The minimum Gasteiger partial charge on any atom is -0.320 e. The molecule has 110 valence electrons. The van der Waals surface area contributed by atoms with Crippen LogP contribution in [0.2, 0.25) is 0 Å². The molecule has 0 amide bonds. The van der Waals surface area contributed by atoms with Crippen LogP contribution in [0.4, 0.5) is 4.39 Å². The summed E-state index contributed by atoms with van der Waals surface area (Å²) in [7, 11) is -3.90. The van der Waals surface area contributed by atoms with Crippen molar-refractivity contribution < 1.29 is 12.8 Å². The van der Waals surface area contributed by atoms with Gasteiger partial charge in [0.05, 0.1) is 6.54 Å². The second-order valence-electron chi connectivity index (χ2n) is 4.11. The molecule has 7 heteroatoms. The third-order valence-corrected chi connectivity index (χ3v) is 4.77. The molecule has 2 aromatic rings. The van der Waals surface area contributed by atoms with E-state index in [9.17, 15) is 12.8 Å². The van der Waals surface area contributed by atoms with Crippen molar-refractivity contribution in [3.8, 4) is 11.8 Å². The van der Waals surface area contributed by atoms with Gasteiger partial charge in [0, 0.05) is 12.1 Å². The molecule has 0 aliphatic heterocycles. The first-order chi connectivity index (χ1) is 10.0. The monoisotopic (exact) mass is 324 g/mol. The van der Waals surface area contributed by atoms with Gasteiger partial charge in [-0.2, -0.15) is 11.3 Å². The molecule has 0 fully saturated rings. The second-order valence-corrected chi connectivity index (χ2v) is 6.62. The Morgan fingerprint density at radius 2 is 2.14 bits per heavy atom. The molecule has 0 saturated carbocycles. The molecule has 0 saturated heterocycles. The number of thiophene rings is 1. The quantitative estimate of drug-likeness (QED) is 0.841. The molecule has 0 aliphatic rings. The van der Waals surface area contributed by atoms with Crippen molar-refractivity contribution in [2.45, 2.75) is 11.4 Å². The van der Waals surface area contributed by atoms with E-state index in [2.05, 4.69) is 16.6 Å². The van der Waals surface area contributed by atoms with Gasteiger partial charge in [0.1, 0.15) is 10.7 Å². The van der Waals surface area contributed by atoms with Crippen LogP contribution in [0, 0.1) is 17.7 Å². The second kappa shape index (κ2) is 6.83. The minimum atomic E-state index is -3.90. The fourth-order valence-electron chi connectivity index (χ4n) is 1.60. The van der Waals surface area contributed by atoms with Crippen LogP contribution in [0.15, 0.2) is 39.9 Å². The van der Waals surface area contributed by atoms with Gasteiger partial charge in [-0.1, -0.05) is 11.8 Å². The van der Waals surface area contributed by atoms with E-state index in [1.807, 2.05) is 10.8 Å². The summed E-state index contributed by atoms with van der Waals surface area (Å²) in [6.07, 6.45) is 0. The maximum Gasteiger partial charge on any atom is 0.243 e. The topological polar surface area (TPSA) is 72.2 Å². The highest BCUT2D eigenvalue weighted by molar-refractivity contribution is 7.89. The Morgan fingerprint density at radius 1 is 1.33 bits per heavy atom. The van der Waals surface area contributed by atoms with Crippen molar-refractivity contribution in [2.75, 3.05) is 6.54 Å². The van der Waals surface area contributed by atoms with E-state index < -0.39 is 20.7 Å². The molecular formula is C14H13FN2O2S2. The number of hydrogen-bond donors (Lipinski definition) is 2. The van der Waals surface area contributed by atoms with Gasteiger partial charge >= 0.3 is 0 Å². The normalized spacial score (nSPS) is 11.0. The first-order valence-corrected chi connectivity index (χ1v) is 8.45. The van der Waals surface area contributed by atoms with E-state index in [4.69, 9.17) is 5.73 Å². The Morgan fingerprint density at radius 3 is 2.76 bits per heavy atom. The maximum atomic E-state index is 13.9. The molecule has 1 heterocycles. The number of benzene rings is 1. The molecule has 0 bridgehead atoms. The first-order valence-electron chi connectivity index (χ1n) is 6.02. The molecule has 2 rings (SSSR count). The summed E-state index contributed by atoms with van der Waals surface area (Å²) in [5.74, 6) is 4.39. The molecule has 1 aromatic carbocycles. The fourth-order valence-corrected chi connectivity index (χ4v) is 3.34. The zero-order valence-electron chi connectivity index (χ0n) is 11.0. The Balaban J connectivity index is 2.19. The van der Waals surface area contributed by atoms with Crippen LogP contribution in [0.5, 0.6) is 0 Å². The SMILES string of the molecule is NCC#Cc1ccc(S(=O)(=O)NCc2ccsc2)c(F)c1. The predicted octanol–water partition coefficient (Wildman–Crippen LogP) is 1.68. The maximum absolute atomic E-state index is 13.9. The lowest BCUT2D eigenvalue weighted by atomic mass is 10.2. The van der Waals surface area contributed by atoms with Crippen molar-refractivity contribution in [3.05, 3.63) is 52.0 Å². The summed E-state index contributed by atoms with van der Waals surface area (Å²) in [4.78, 5) is -0.393. The van der Waals surface area contributed by atoms with E-state index in [1.54, 1.807) is 6.07 Å². The highest BCUT2D eigenvalue weighted by atomic mass is 32.2. The molecule has 1 aromatic heterocycles. The minimum absolute atomic E-state index is 0.125. The van der Waals surface area contributed by atoms with Crippen LogP contribution in [0.25, 0.3) is 0 Å². The van der Waals surface area contributed by atoms with Gasteiger partial charge in [0.2, 0.25) is 10.0 Å². The molecule has 4 nitrogen and oxygen atoms in total. The summed E-state index contributed by atoms with van der Waals surface area (Å²) >= 11 is 1.46. The lowest BCUT2D eigenvalue weighted by molar-refractivity contribution is 0.556. The molecular weight excluding hydrogens is 311 g/mol. The van der Waals surface area contributed by atoms with Crippen molar-refractivity contribution in [1.82, 2.24) is 4.72 Å². The summed E-state index contributed by atoms with van der Waals surface area (Å²) in [6.45, 7) is 0.282. The van der Waals surface area contributed by atoms with E-state index in [-0.39, 0.29) is 13.1 Å². The summed E-state index contributed by atoms with van der Waals surface area (Å²) in [5, 5.41) is 3.67. The predicted molar refractivity (Wildman–Crippen MR) is 80.7 cm³/mol. The standard InChI is InChI=1S/C14H13FN2O2S2/c15-13-8-11(2-1-6-16)3-4-14(13)21(18,19)17-9-12-5-7-20-10-12/h3-5,7-8,10,17H,6,9,16H2. The third-order valence-electron chi connectivity index (χ3n) is 2.60. The number of rotatable bonds is 4. The average molecular weight is 324 g/mol. The molecule has 0 unspecified atom stereocenters. The van der Waals surface area contributed by atoms with Crippen LogP contribution < -0.4 is 10.5 Å². The average Bonchev–Trinajstić information content (AvgIpc) is 2.96. The third kappa shape index (κ3) is 4.12. The van der Waals surface area contributed by atoms with Crippen LogP contribution in [0.1, 0.15) is 11.1 Å². The molecule has 0 spiro atoms. The summed E-state index contributed by atoms with van der Waals surface area (Å²) in [6, 6.07) is 5.54. The van der Waals surface area contributed by atoms with Gasteiger partial charge in [-0.05, 0) is 40.6 Å². The zero-order chi connectivity index (χ0) is 15.3. The Bertz CT molecular complexity index is 775. The highest BCUT2D eigenvalue weighted by Gasteiger charge is 2.18. The number of sulfonamides is 1. The summed E-state index contributed by atoms with van der Waals surface area (Å²) in [5.41, 5.74) is 6.44. The number of hydrogen-bond acceptors (Lipinski definition) is 4. The Hall–Kier alpha value is -1.72. The van der Waals surface area contributed by atoms with Crippen molar-refractivity contribution in [3.63, 3.8) is 0 Å². The van der Waals surface area contributed by atoms with Gasteiger partial charge in [-0.3, -0.25) is 0 Å². The molecule has 0 radical (unpaired) electrons. The van der Waals surface area contributed by atoms with Crippen LogP contribution in [-0.4, -0.2) is 15.0 Å². The van der Waals surface area contributed by atoms with Crippen LogP contribution in [-0.2, 0) is 16.6 Å². The fraction of sp³-hybridized carbons (Fsp3) is 0.143. The lowest BCUT2D eigenvalue weighted by Crippen LogP contribution is -2.24. The largest absolute Gasteiger partial charge is 0.320 e. The molecule has 0 aliphatic carbocycles. The number of halogens is 1. The van der Waals surface area contributed by atoms with Gasteiger partial charge in [0.25, 0.3) is 0 Å². The summed E-state index contributed by atoms with van der Waals surface area (Å²) < 4.78 is 40.4. The van der Waals surface area contributed by atoms with E-state index in [0.717, 1.165) is 11.6 Å². The van der Waals surface area contributed by atoms with E-state index in [0.29, 0.717) is 5.56 Å². The smallest absolute Gasteiger partial charge is 0.243 e. The first kappa shape index (κ1) is 15.7.